The molecule has 1 aliphatic heterocycles. The molecule has 1 atom stereocenters. The maximum atomic E-state index is 11.8. The van der Waals surface area contributed by atoms with Crippen molar-refractivity contribution in [3.63, 3.8) is 0 Å². The Morgan fingerprint density at radius 1 is 1.37 bits per heavy atom. The van der Waals surface area contributed by atoms with Crippen molar-refractivity contribution >= 4 is 25.6 Å². The summed E-state index contributed by atoms with van der Waals surface area (Å²) in [5.74, 6) is 0.122. The van der Waals surface area contributed by atoms with E-state index in [4.69, 9.17) is 15.4 Å². The Balaban J connectivity index is 1.95. The summed E-state index contributed by atoms with van der Waals surface area (Å²) in [4.78, 5) is 11.8. The average molecular weight is 304 g/mol. The fraction of sp³-hybridized carbons (Fsp3) is 0.417. The molecule has 0 bridgehead atoms. The minimum atomic E-state index is -3.75. The van der Waals surface area contributed by atoms with Gasteiger partial charge in [0.25, 0.3) is 15.0 Å². The van der Waals surface area contributed by atoms with Crippen LogP contribution in [0.4, 0.5) is 0 Å². The van der Waals surface area contributed by atoms with E-state index in [-0.39, 0.29) is 10.8 Å². The van der Waals surface area contributed by atoms with Crippen molar-refractivity contribution in [1.29, 1.82) is 0 Å². The predicted octanol–water partition coefficient (Wildman–Crippen LogP) is 1.38. The zero-order valence-electron chi connectivity index (χ0n) is 10.1. The molecule has 0 radical (unpaired) electrons. The first-order chi connectivity index (χ1) is 8.97. The molecule has 5 nitrogen and oxygen atoms in total. The lowest BCUT2D eigenvalue weighted by molar-refractivity contribution is 0.0945. The van der Waals surface area contributed by atoms with Crippen molar-refractivity contribution in [2.75, 3.05) is 19.8 Å². The fourth-order valence-electron chi connectivity index (χ4n) is 1.85. The molecule has 2 rings (SSSR count). The van der Waals surface area contributed by atoms with E-state index in [2.05, 4.69) is 5.32 Å². The average Bonchev–Trinajstić information content (AvgIpc) is 2.88. The van der Waals surface area contributed by atoms with Gasteiger partial charge in [0.1, 0.15) is 0 Å². The Morgan fingerprint density at radius 2 is 2.05 bits per heavy atom. The van der Waals surface area contributed by atoms with Gasteiger partial charge in [-0.2, -0.15) is 0 Å². The predicted molar refractivity (Wildman–Crippen MR) is 70.7 cm³/mol. The summed E-state index contributed by atoms with van der Waals surface area (Å²) in [5.41, 5.74) is 0.406. The maximum Gasteiger partial charge on any atom is 0.261 e. The Bertz CT molecular complexity index is 550. The SMILES string of the molecule is O=C(NCC1CCOC1)c1ccc(S(=O)(=O)Cl)cc1. The molecule has 1 N–H and O–H groups in total. The van der Waals surface area contributed by atoms with Crippen LogP contribution in [0.25, 0.3) is 0 Å². The first-order valence-electron chi connectivity index (χ1n) is 5.87. The summed E-state index contributed by atoms with van der Waals surface area (Å²) in [5, 5.41) is 2.80. The molecule has 1 amide bonds. The highest BCUT2D eigenvalue weighted by Gasteiger charge is 2.17. The van der Waals surface area contributed by atoms with Crippen molar-refractivity contribution in [2.45, 2.75) is 11.3 Å². The van der Waals surface area contributed by atoms with Gasteiger partial charge in [0, 0.05) is 35.3 Å². The second-order valence-electron chi connectivity index (χ2n) is 4.40. The van der Waals surface area contributed by atoms with Crippen LogP contribution in [-0.2, 0) is 13.8 Å². The number of ether oxygens (including phenoxy) is 1. The third-order valence-electron chi connectivity index (χ3n) is 2.97. The summed E-state index contributed by atoms with van der Waals surface area (Å²) < 4.78 is 27.3. The molecule has 1 unspecified atom stereocenters. The molecule has 1 fully saturated rings. The smallest absolute Gasteiger partial charge is 0.261 e. The van der Waals surface area contributed by atoms with Gasteiger partial charge in [0.2, 0.25) is 0 Å². The van der Waals surface area contributed by atoms with E-state index in [1.165, 1.54) is 24.3 Å². The summed E-state index contributed by atoms with van der Waals surface area (Å²) in [6.45, 7) is 1.97. The highest BCUT2D eigenvalue weighted by Crippen LogP contribution is 2.15. The van der Waals surface area contributed by atoms with Gasteiger partial charge in [-0.25, -0.2) is 8.42 Å². The highest BCUT2D eigenvalue weighted by atomic mass is 35.7. The van der Waals surface area contributed by atoms with Crippen LogP contribution in [0.1, 0.15) is 16.8 Å². The monoisotopic (exact) mass is 303 g/mol. The van der Waals surface area contributed by atoms with E-state index in [1.807, 2.05) is 0 Å². The van der Waals surface area contributed by atoms with Gasteiger partial charge in [-0.15, -0.1) is 0 Å². The molecule has 7 heteroatoms. The third-order valence-corrected chi connectivity index (χ3v) is 4.34. The number of carbonyl (C=O) groups is 1. The van der Waals surface area contributed by atoms with Crippen LogP contribution in [0, 0.1) is 5.92 Å². The lowest BCUT2D eigenvalue weighted by Crippen LogP contribution is -2.29. The normalized spacial score (nSPS) is 19.3. The number of rotatable bonds is 4. The van der Waals surface area contributed by atoms with Gasteiger partial charge in [0.05, 0.1) is 11.5 Å². The van der Waals surface area contributed by atoms with Gasteiger partial charge < -0.3 is 10.1 Å². The topological polar surface area (TPSA) is 72.5 Å². The fourth-order valence-corrected chi connectivity index (χ4v) is 2.62. The second-order valence-corrected chi connectivity index (χ2v) is 6.97. The molecule has 1 aliphatic rings. The second kappa shape index (κ2) is 5.90. The number of amides is 1. The van der Waals surface area contributed by atoms with Crippen LogP contribution in [-0.4, -0.2) is 34.1 Å². The van der Waals surface area contributed by atoms with E-state index in [1.54, 1.807) is 0 Å². The Hall–Kier alpha value is -1.11. The molecule has 0 aliphatic carbocycles. The Labute approximate surface area is 116 Å². The lowest BCUT2D eigenvalue weighted by atomic mass is 10.1. The largest absolute Gasteiger partial charge is 0.381 e. The van der Waals surface area contributed by atoms with Crippen LogP contribution in [0.2, 0.25) is 0 Å². The third kappa shape index (κ3) is 3.92. The van der Waals surface area contributed by atoms with E-state index < -0.39 is 9.05 Å². The van der Waals surface area contributed by atoms with Crippen molar-refractivity contribution in [1.82, 2.24) is 5.32 Å². The molecule has 1 aromatic carbocycles. The van der Waals surface area contributed by atoms with E-state index >= 15 is 0 Å². The van der Waals surface area contributed by atoms with Crippen LogP contribution >= 0.6 is 10.7 Å². The summed E-state index contributed by atoms with van der Waals surface area (Å²) in [6, 6.07) is 5.51. The number of halogens is 1. The lowest BCUT2D eigenvalue weighted by Gasteiger charge is -2.09. The standard InChI is InChI=1S/C12H14ClNO4S/c13-19(16,17)11-3-1-10(2-4-11)12(15)14-7-9-5-6-18-8-9/h1-4,9H,5-8H2,(H,14,15). The van der Waals surface area contributed by atoms with Crippen molar-refractivity contribution in [3.8, 4) is 0 Å². The Morgan fingerprint density at radius 3 is 2.58 bits per heavy atom. The highest BCUT2D eigenvalue weighted by molar-refractivity contribution is 8.13. The number of hydrogen-bond acceptors (Lipinski definition) is 4. The molecule has 0 saturated carbocycles. The van der Waals surface area contributed by atoms with Crippen molar-refractivity contribution in [2.24, 2.45) is 5.92 Å². The zero-order valence-corrected chi connectivity index (χ0v) is 11.7. The molecule has 1 aromatic rings. The summed E-state index contributed by atoms with van der Waals surface area (Å²) in [7, 11) is 1.45. The Kier molecular flexibility index (Phi) is 4.44. The van der Waals surface area contributed by atoms with Gasteiger partial charge in [0.15, 0.2) is 0 Å². The summed E-state index contributed by atoms with van der Waals surface area (Å²) >= 11 is 0. The molecule has 0 aromatic heterocycles. The number of benzene rings is 1. The van der Waals surface area contributed by atoms with Crippen molar-refractivity contribution in [3.05, 3.63) is 29.8 Å². The number of nitrogens with one attached hydrogen (secondary N) is 1. The van der Waals surface area contributed by atoms with Crippen LogP contribution in [0.3, 0.4) is 0 Å². The molecular formula is C12H14ClNO4S. The van der Waals surface area contributed by atoms with E-state index in [0.717, 1.165) is 13.0 Å². The minimum absolute atomic E-state index is 0.0186. The van der Waals surface area contributed by atoms with Gasteiger partial charge in [-0.1, -0.05) is 0 Å². The first-order valence-corrected chi connectivity index (χ1v) is 8.18. The van der Waals surface area contributed by atoms with E-state index in [9.17, 15) is 13.2 Å². The van der Waals surface area contributed by atoms with Gasteiger partial charge >= 0.3 is 0 Å². The van der Waals surface area contributed by atoms with Gasteiger partial charge in [-0.3, -0.25) is 4.79 Å². The van der Waals surface area contributed by atoms with Crippen molar-refractivity contribution < 1.29 is 17.9 Å². The van der Waals surface area contributed by atoms with Crippen LogP contribution in [0.15, 0.2) is 29.2 Å². The quantitative estimate of drug-likeness (QED) is 0.853. The molecule has 1 heterocycles. The zero-order chi connectivity index (χ0) is 13.9. The van der Waals surface area contributed by atoms with E-state index in [0.29, 0.717) is 24.6 Å². The maximum absolute atomic E-state index is 11.8. The molecule has 104 valence electrons. The molecular weight excluding hydrogens is 290 g/mol. The minimum Gasteiger partial charge on any atom is -0.381 e. The number of carbonyl (C=O) groups excluding carboxylic acids is 1. The number of hydrogen-bond donors (Lipinski definition) is 1. The molecule has 1 saturated heterocycles. The first kappa shape index (κ1) is 14.3. The van der Waals surface area contributed by atoms with Gasteiger partial charge in [-0.05, 0) is 30.7 Å². The van der Waals surface area contributed by atoms with Crippen LogP contribution in [0.5, 0.6) is 0 Å². The molecule has 19 heavy (non-hydrogen) atoms. The molecule has 0 spiro atoms. The summed E-state index contributed by atoms with van der Waals surface area (Å²) in [6.07, 6.45) is 0.948. The van der Waals surface area contributed by atoms with Crippen LogP contribution < -0.4 is 5.32 Å².